The van der Waals surface area contributed by atoms with E-state index >= 15 is 0 Å². The maximum atomic E-state index is 12.3. The lowest BCUT2D eigenvalue weighted by molar-refractivity contribution is 0.360. The van der Waals surface area contributed by atoms with Crippen LogP contribution in [0.3, 0.4) is 0 Å². The summed E-state index contributed by atoms with van der Waals surface area (Å²) in [5, 5.41) is 3.90. The predicted molar refractivity (Wildman–Crippen MR) is 77.7 cm³/mol. The molecule has 116 valence electrons. The molecule has 0 radical (unpaired) electrons. The predicted octanol–water partition coefficient (Wildman–Crippen LogP) is -0.0116. The highest BCUT2D eigenvalue weighted by atomic mass is 16.5. The molecule has 9 nitrogen and oxygen atoms in total. The standard InChI is InChI=1S/C13H16N6O3/c1-7(2)11-15-8(16-22-11)5-19-6-14-10-9(19)12(20)18(4)13(21)17(10)3/h6-7H,5H2,1-4H3. The Morgan fingerprint density at radius 2 is 1.95 bits per heavy atom. The van der Waals surface area contributed by atoms with Gasteiger partial charge in [0.25, 0.3) is 5.56 Å². The van der Waals surface area contributed by atoms with Gasteiger partial charge in [-0.15, -0.1) is 0 Å². The number of imidazole rings is 1. The van der Waals surface area contributed by atoms with Crippen LogP contribution in [0.4, 0.5) is 0 Å². The molecule has 0 unspecified atom stereocenters. The van der Waals surface area contributed by atoms with Gasteiger partial charge in [-0.3, -0.25) is 13.9 Å². The summed E-state index contributed by atoms with van der Waals surface area (Å²) in [5.74, 6) is 1.13. The number of aromatic nitrogens is 6. The van der Waals surface area contributed by atoms with Gasteiger partial charge in [-0.05, 0) is 0 Å². The fraction of sp³-hybridized carbons (Fsp3) is 0.462. The van der Waals surface area contributed by atoms with Gasteiger partial charge in [0.05, 0.1) is 12.9 Å². The van der Waals surface area contributed by atoms with Crippen LogP contribution in [0.5, 0.6) is 0 Å². The second-order valence-corrected chi connectivity index (χ2v) is 5.45. The lowest BCUT2D eigenvalue weighted by Crippen LogP contribution is -2.37. The zero-order valence-electron chi connectivity index (χ0n) is 12.8. The molecule has 0 aliphatic carbocycles. The first kappa shape index (κ1) is 14.2. The highest BCUT2D eigenvalue weighted by Gasteiger charge is 2.16. The molecule has 3 aromatic rings. The van der Waals surface area contributed by atoms with Gasteiger partial charge in [-0.2, -0.15) is 4.98 Å². The normalized spacial score (nSPS) is 11.7. The van der Waals surface area contributed by atoms with Crippen LogP contribution < -0.4 is 11.2 Å². The number of hydrogen-bond acceptors (Lipinski definition) is 6. The SMILES string of the molecule is CC(C)c1nc(Cn2cnc3c2c(=O)n(C)c(=O)n3C)no1. The second-order valence-electron chi connectivity index (χ2n) is 5.45. The fourth-order valence-corrected chi connectivity index (χ4v) is 2.24. The van der Waals surface area contributed by atoms with E-state index < -0.39 is 11.2 Å². The number of nitrogens with zero attached hydrogens (tertiary/aromatic N) is 6. The first-order chi connectivity index (χ1) is 10.4. The number of rotatable bonds is 3. The van der Waals surface area contributed by atoms with E-state index in [0.29, 0.717) is 22.9 Å². The number of fused-ring (bicyclic) bond motifs is 1. The molecule has 9 heteroatoms. The topological polar surface area (TPSA) is 101 Å². The van der Waals surface area contributed by atoms with Crippen molar-refractivity contribution in [2.45, 2.75) is 26.3 Å². The summed E-state index contributed by atoms with van der Waals surface area (Å²) in [4.78, 5) is 32.6. The highest BCUT2D eigenvalue weighted by molar-refractivity contribution is 5.70. The van der Waals surface area contributed by atoms with Gasteiger partial charge in [0.15, 0.2) is 17.0 Å². The Labute approximate surface area is 124 Å². The molecule has 0 aliphatic heterocycles. The van der Waals surface area contributed by atoms with E-state index in [-0.39, 0.29) is 12.5 Å². The summed E-state index contributed by atoms with van der Waals surface area (Å²) in [6, 6.07) is 0. The smallest absolute Gasteiger partial charge is 0.332 e. The minimum atomic E-state index is -0.413. The molecule has 22 heavy (non-hydrogen) atoms. The number of aryl methyl sites for hydroxylation is 1. The Balaban J connectivity index is 2.12. The first-order valence-corrected chi connectivity index (χ1v) is 6.83. The van der Waals surface area contributed by atoms with E-state index in [0.717, 1.165) is 4.57 Å². The maximum absolute atomic E-state index is 12.3. The summed E-state index contributed by atoms with van der Waals surface area (Å²) in [6.45, 7) is 4.16. The average Bonchev–Trinajstić information content (AvgIpc) is 3.10. The largest absolute Gasteiger partial charge is 0.339 e. The number of hydrogen-bond donors (Lipinski definition) is 0. The molecule has 0 amide bonds. The third-order valence-corrected chi connectivity index (χ3v) is 3.51. The van der Waals surface area contributed by atoms with Crippen LogP contribution in [0.2, 0.25) is 0 Å². The van der Waals surface area contributed by atoms with Crippen molar-refractivity contribution >= 4 is 11.2 Å². The summed E-state index contributed by atoms with van der Waals surface area (Å²) in [6.07, 6.45) is 1.50. The van der Waals surface area contributed by atoms with Gasteiger partial charge < -0.3 is 9.09 Å². The van der Waals surface area contributed by atoms with Crippen molar-refractivity contribution in [3.05, 3.63) is 38.9 Å². The molecule has 0 aromatic carbocycles. The van der Waals surface area contributed by atoms with Crippen molar-refractivity contribution in [2.75, 3.05) is 0 Å². The Hall–Kier alpha value is -2.71. The Morgan fingerprint density at radius 3 is 2.59 bits per heavy atom. The molecular weight excluding hydrogens is 288 g/mol. The van der Waals surface area contributed by atoms with Gasteiger partial charge in [0.2, 0.25) is 5.89 Å². The summed E-state index contributed by atoms with van der Waals surface area (Å²) >= 11 is 0. The monoisotopic (exact) mass is 304 g/mol. The quantitative estimate of drug-likeness (QED) is 0.674. The Morgan fingerprint density at radius 1 is 1.23 bits per heavy atom. The molecule has 0 saturated carbocycles. The Bertz CT molecular complexity index is 958. The first-order valence-electron chi connectivity index (χ1n) is 6.83. The van der Waals surface area contributed by atoms with Crippen LogP contribution in [0.1, 0.15) is 31.5 Å². The van der Waals surface area contributed by atoms with E-state index in [1.165, 1.54) is 17.9 Å². The van der Waals surface area contributed by atoms with Gasteiger partial charge in [-0.1, -0.05) is 19.0 Å². The molecule has 0 bridgehead atoms. The van der Waals surface area contributed by atoms with Crippen molar-refractivity contribution in [3.8, 4) is 0 Å². The van der Waals surface area contributed by atoms with Crippen molar-refractivity contribution in [3.63, 3.8) is 0 Å². The summed E-state index contributed by atoms with van der Waals surface area (Å²) < 4.78 is 9.16. The van der Waals surface area contributed by atoms with Crippen LogP contribution in [-0.4, -0.2) is 28.8 Å². The van der Waals surface area contributed by atoms with Crippen LogP contribution in [0.15, 0.2) is 20.4 Å². The molecule has 0 atom stereocenters. The molecule has 0 aliphatic rings. The van der Waals surface area contributed by atoms with Crippen LogP contribution in [0.25, 0.3) is 11.2 Å². The lowest BCUT2D eigenvalue weighted by atomic mass is 10.2. The van der Waals surface area contributed by atoms with Gasteiger partial charge >= 0.3 is 5.69 Å². The third-order valence-electron chi connectivity index (χ3n) is 3.51. The maximum Gasteiger partial charge on any atom is 0.332 e. The molecular formula is C13H16N6O3. The molecule has 0 N–H and O–H groups in total. The van der Waals surface area contributed by atoms with Crippen molar-refractivity contribution in [1.29, 1.82) is 0 Å². The van der Waals surface area contributed by atoms with Crippen LogP contribution >= 0.6 is 0 Å². The fourth-order valence-electron chi connectivity index (χ4n) is 2.24. The zero-order valence-corrected chi connectivity index (χ0v) is 12.8. The lowest BCUT2D eigenvalue weighted by Gasteiger charge is -2.04. The third kappa shape index (κ3) is 2.05. The molecule has 0 fully saturated rings. The average molecular weight is 304 g/mol. The van der Waals surface area contributed by atoms with Crippen molar-refractivity contribution in [2.24, 2.45) is 14.1 Å². The van der Waals surface area contributed by atoms with E-state index in [9.17, 15) is 9.59 Å². The molecule has 3 rings (SSSR count). The van der Waals surface area contributed by atoms with Crippen molar-refractivity contribution in [1.82, 2.24) is 28.8 Å². The van der Waals surface area contributed by atoms with E-state index in [1.54, 1.807) is 11.6 Å². The van der Waals surface area contributed by atoms with Crippen LogP contribution in [-0.2, 0) is 20.6 Å². The summed E-state index contributed by atoms with van der Waals surface area (Å²) in [5.41, 5.74) is -0.145. The zero-order chi connectivity index (χ0) is 16.0. The van der Waals surface area contributed by atoms with E-state index in [1.807, 2.05) is 13.8 Å². The van der Waals surface area contributed by atoms with Gasteiger partial charge in [0.1, 0.15) is 0 Å². The second kappa shape index (κ2) is 4.93. The van der Waals surface area contributed by atoms with Gasteiger partial charge in [-0.25, -0.2) is 9.78 Å². The molecule has 3 aromatic heterocycles. The molecule has 3 heterocycles. The molecule has 0 spiro atoms. The minimum absolute atomic E-state index is 0.134. The minimum Gasteiger partial charge on any atom is -0.339 e. The van der Waals surface area contributed by atoms with Crippen molar-refractivity contribution < 1.29 is 4.52 Å². The van der Waals surface area contributed by atoms with Crippen LogP contribution in [0, 0.1) is 0 Å². The highest BCUT2D eigenvalue weighted by Crippen LogP contribution is 2.13. The molecule has 0 saturated heterocycles. The van der Waals surface area contributed by atoms with Gasteiger partial charge in [0, 0.05) is 20.0 Å². The summed E-state index contributed by atoms with van der Waals surface area (Å²) in [7, 11) is 3.01. The van der Waals surface area contributed by atoms with E-state index in [4.69, 9.17) is 4.52 Å². The van der Waals surface area contributed by atoms with E-state index in [2.05, 4.69) is 15.1 Å². The Kier molecular flexibility index (Phi) is 3.19.